The van der Waals surface area contributed by atoms with Crippen molar-refractivity contribution in [3.63, 3.8) is 0 Å². The number of carbonyl (C=O) groups is 1. The molecule has 24 heavy (non-hydrogen) atoms. The molecule has 2 atom stereocenters. The summed E-state index contributed by atoms with van der Waals surface area (Å²) in [5.74, 6) is 0. The van der Waals surface area contributed by atoms with Crippen LogP contribution in [0.25, 0.3) is 0 Å². The SMILES string of the molecule is CCN(C=O)C(C)c1ccccc1/C(=N\C(C)N)c1ccccc1. The Morgan fingerprint density at radius 3 is 2.33 bits per heavy atom. The van der Waals surface area contributed by atoms with E-state index in [0.717, 1.165) is 28.8 Å². The summed E-state index contributed by atoms with van der Waals surface area (Å²) in [6, 6.07) is 18.0. The van der Waals surface area contributed by atoms with E-state index in [-0.39, 0.29) is 12.2 Å². The van der Waals surface area contributed by atoms with Crippen LogP contribution in [0, 0.1) is 0 Å². The van der Waals surface area contributed by atoms with E-state index < -0.39 is 0 Å². The molecule has 2 aromatic rings. The molecular weight excluding hydrogens is 298 g/mol. The topological polar surface area (TPSA) is 58.7 Å². The van der Waals surface area contributed by atoms with E-state index in [0.29, 0.717) is 6.54 Å². The molecule has 1 amide bonds. The highest BCUT2D eigenvalue weighted by Crippen LogP contribution is 2.25. The zero-order valence-electron chi connectivity index (χ0n) is 14.5. The number of nitrogens with zero attached hydrogens (tertiary/aromatic N) is 2. The van der Waals surface area contributed by atoms with Gasteiger partial charge in [0.05, 0.1) is 17.9 Å². The second-order valence-corrected chi connectivity index (χ2v) is 5.78. The summed E-state index contributed by atoms with van der Waals surface area (Å²) in [6.45, 7) is 6.52. The molecule has 0 aliphatic heterocycles. The second-order valence-electron chi connectivity index (χ2n) is 5.78. The van der Waals surface area contributed by atoms with Crippen molar-refractivity contribution in [2.24, 2.45) is 10.7 Å². The van der Waals surface area contributed by atoms with E-state index in [1.165, 1.54) is 0 Å². The largest absolute Gasteiger partial charge is 0.339 e. The van der Waals surface area contributed by atoms with Gasteiger partial charge in [0, 0.05) is 17.7 Å². The summed E-state index contributed by atoms with van der Waals surface area (Å²) in [6.07, 6.45) is 0.587. The Hall–Kier alpha value is -2.46. The maximum Gasteiger partial charge on any atom is 0.210 e. The lowest BCUT2D eigenvalue weighted by atomic mass is 9.93. The monoisotopic (exact) mass is 323 g/mol. The van der Waals surface area contributed by atoms with E-state index in [2.05, 4.69) is 4.99 Å². The lowest BCUT2D eigenvalue weighted by Gasteiger charge is -2.26. The summed E-state index contributed by atoms with van der Waals surface area (Å²) in [5, 5.41) is 0. The third-order valence-corrected chi connectivity index (χ3v) is 4.04. The molecular formula is C20H25N3O. The van der Waals surface area contributed by atoms with Crippen LogP contribution >= 0.6 is 0 Å². The fraction of sp³-hybridized carbons (Fsp3) is 0.300. The van der Waals surface area contributed by atoms with Gasteiger partial charge < -0.3 is 10.6 Å². The fourth-order valence-electron chi connectivity index (χ4n) is 2.79. The highest BCUT2D eigenvalue weighted by atomic mass is 16.1. The molecule has 4 nitrogen and oxygen atoms in total. The number of benzene rings is 2. The van der Waals surface area contributed by atoms with Crippen molar-refractivity contribution in [2.75, 3.05) is 6.54 Å². The fourth-order valence-corrected chi connectivity index (χ4v) is 2.79. The minimum Gasteiger partial charge on any atom is -0.339 e. The first-order valence-corrected chi connectivity index (χ1v) is 8.27. The van der Waals surface area contributed by atoms with Gasteiger partial charge in [0.1, 0.15) is 0 Å². The molecule has 0 aromatic heterocycles. The molecule has 126 valence electrons. The van der Waals surface area contributed by atoms with Crippen molar-refractivity contribution >= 4 is 12.1 Å². The minimum atomic E-state index is -0.308. The molecule has 4 heteroatoms. The molecule has 2 unspecified atom stereocenters. The molecule has 0 spiro atoms. The highest BCUT2D eigenvalue weighted by molar-refractivity contribution is 6.13. The van der Waals surface area contributed by atoms with Gasteiger partial charge in [-0.05, 0) is 26.3 Å². The number of carbonyl (C=O) groups excluding carboxylic acids is 1. The number of hydrogen-bond acceptors (Lipinski definition) is 3. The van der Waals surface area contributed by atoms with Crippen LogP contribution in [0.15, 0.2) is 59.6 Å². The van der Waals surface area contributed by atoms with Crippen molar-refractivity contribution in [3.8, 4) is 0 Å². The highest BCUT2D eigenvalue weighted by Gasteiger charge is 2.19. The third kappa shape index (κ3) is 4.09. The first-order chi connectivity index (χ1) is 11.6. The van der Waals surface area contributed by atoms with Crippen molar-refractivity contribution in [3.05, 3.63) is 71.3 Å². The molecule has 0 saturated carbocycles. The van der Waals surface area contributed by atoms with E-state index in [4.69, 9.17) is 5.73 Å². The van der Waals surface area contributed by atoms with Crippen LogP contribution in [0.4, 0.5) is 0 Å². The Bertz CT molecular complexity index is 695. The minimum absolute atomic E-state index is 0.0364. The van der Waals surface area contributed by atoms with Gasteiger partial charge in [-0.2, -0.15) is 0 Å². The van der Waals surface area contributed by atoms with Gasteiger partial charge in [0.15, 0.2) is 0 Å². The molecule has 0 radical (unpaired) electrons. The Kier molecular flexibility index (Phi) is 6.27. The van der Waals surface area contributed by atoms with Crippen LogP contribution in [0.2, 0.25) is 0 Å². The average molecular weight is 323 g/mol. The number of amides is 1. The summed E-state index contributed by atoms with van der Waals surface area (Å²) < 4.78 is 0. The lowest BCUT2D eigenvalue weighted by molar-refractivity contribution is -0.119. The predicted octanol–water partition coefficient (Wildman–Crippen LogP) is 3.37. The van der Waals surface area contributed by atoms with Crippen molar-refractivity contribution in [1.82, 2.24) is 4.90 Å². The Balaban J connectivity index is 2.58. The first-order valence-electron chi connectivity index (χ1n) is 8.27. The summed E-state index contributed by atoms with van der Waals surface area (Å²) in [4.78, 5) is 17.8. The van der Waals surface area contributed by atoms with Crippen molar-refractivity contribution in [1.29, 1.82) is 0 Å². The molecule has 0 bridgehead atoms. The van der Waals surface area contributed by atoms with Gasteiger partial charge in [-0.25, -0.2) is 0 Å². The molecule has 0 aliphatic carbocycles. The Morgan fingerprint density at radius 1 is 1.12 bits per heavy atom. The second kappa shape index (κ2) is 8.41. The maximum absolute atomic E-state index is 11.4. The molecule has 2 rings (SSSR count). The van der Waals surface area contributed by atoms with Gasteiger partial charge in [0.25, 0.3) is 0 Å². The Morgan fingerprint density at radius 2 is 1.75 bits per heavy atom. The van der Waals surface area contributed by atoms with Crippen LogP contribution in [0.5, 0.6) is 0 Å². The average Bonchev–Trinajstić information content (AvgIpc) is 2.61. The number of aliphatic imine (C=N–C) groups is 1. The smallest absolute Gasteiger partial charge is 0.210 e. The van der Waals surface area contributed by atoms with Crippen LogP contribution in [-0.2, 0) is 4.79 Å². The van der Waals surface area contributed by atoms with E-state index in [1.807, 2.05) is 75.4 Å². The van der Waals surface area contributed by atoms with Crippen LogP contribution in [0.3, 0.4) is 0 Å². The normalized spacial score (nSPS) is 14.1. The van der Waals surface area contributed by atoms with Gasteiger partial charge in [-0.1, -0.05) is 54.6 Å². The van der Waals surface area contributed by atoms with Crippen molar-refractivity contribution < 1.29 is 4.79 Å². The number of hydrogen-bond donors (Lipinski definition) is 1. The van der Waals surface area contributed by atoms with Crippen LogP contribution in [-0.4, -0.2) is 29.7 Å². The van der Waals surface area contributed by atoms with Crippen LogP contribution in [0.1, 0.15) is 43.5 Å². The zero-order chi connectivity index (χ0) is 17.5. The Labute approximate surface area is 144 Å². The van der Waals surface area contributed by atoms with Gasteiger partial charge in [-0.15, -0.1) is 0 Å². The van der Waals surface area contributed by atoms with E-state index in [9.17, 15) is 4.79 Å². The van der Waals surface area contributed by atoms with Gasteiger partial charge >= 0.3 is 0 Å². The summed E-state index contributed by atoms with van der Waals surface area (Å²) >= 11 is 0. The number of rotatable bonds is 7. The molecule has 0 saturated heterocycles. The summed E-state index contributed by atoms with van der Waals surface area (Å²) in [7, 11) is 0. The predicted molar refractivity (Wildman–Crippen MR) is 99.0 cm³/mol. The van der Waals surface area contributed by atoms with Gasteiger partial charge in [0.2, 0.25) is 6.41 Å². The molecule has 2 aromatic carbocycles. The number of nitrogens with two attached hydrogens (primary N) is 1. The van der Waals surface area contributed by atoms with Gasteiger partial charge in [-0.3, -0.25) is 9.79 Å². The lowest BCUT2D eigenvalue weighted by Crippen LogP contribution is -2.27. The molecule has 0 heterocycles. The van der Waals surface area contributed by atoms with Crippen molar-refractivity contribution in [2.45, 2.75) is 33.0 Å². The quantitative estimate of drug-likeness (QED) is 0.627. The standard InChI is InChI=1S/C20H25N3O/c1-4-23(14-24)15(2)18-12-8-9-13-19(18)20(22-16(3)21)17-10-6-5-7-11-17/h5-16H,4,21H2,1-3H3/b22-20-. The first kappa shape index (κ1) is 17.9. The van der Waals surface area contributed by atoms with E-state index in [1.54, 1.807) is 4.90 Å². The molecule has 2 N–H and O–H groups in total. The van der Waals surface area contributed by atoms with Crippen LogP contribution < -0.4 is 5.73 Å². The van der Waals surface area contributed by atoms with E-state index >= 15 is 0 Å². The molecule has 0 fully saturated rings. The maximum atomic E-state index is 11.4. The zero-order valence-corrected chi connectivity index (χ0v) is 14.5. The molecule has 0 aliphatic rings. The summed E-state index contributed by atoms with van der Waals surface area (Å²) in [5.41, 5.74) is 9.90. The third-order valence-electron chi connectivity index (χ3n) is 4.04.